The van der Waals surface area contributed by atoms with Gasteiger partial charge >= 0.3 is 0 Å². The van der Waals surface area contributed by atoms with E-state index in [2.05, 4.69) is 10.2 Å². The Labute approximate surface area is 115 Å². The summed E-state index contributed by atoms with van der Waals surface area (Å²) in [5.41, 5.74) is 3.87. The molecule has 0 bridgehead atoms. The highest BCUT2D eigenvalue weighted by Crippen LogP contribution is 2.31. The Kier molecular flexibility index (Phi) is 2.99. The van der Waals surface area contributed by atoms with E-state index in [1.54, 1.807) is 6.07 Å². The van der Waals surface area contributed by atoms with Gasteiger partial charge in [-0.15, -0.1) is 0 Å². The maximum absolute atomic E-state index is 13.3. The summed E-state index contributed by atoms with van der Waals surface area (Å²) in [6.07, 6.45) is 0. The van der Waals surface area contributed by atoms with E-state index >= 15 is 0 Å². The molecule has 0 saturated heterocycles. The summed E-state index contributed by atoms with van der Waals surface area (Å²) in [5, 5.41) is 16.9. The molecule has 0 radical (unpaired) electrons. The Balaban J connectivity index is 2.07. The molecule has 1 aromatic heterocycles. The number of hydrogen-bond acceptors (Lipinski definition) is 2. The Hall–Kier alpha value is -2.62. The molecule has 0 aliphatic heterocycles. The lowest BCUT2D eigenvalue weighted by atomic mass is 10.0. The van der Waals surface area contributed by atoms with Gasteiger partial charge in [-0.25, -0.2) is 4.39 Å². The summed E-state index contributed by atoms with van der Waals surface area (Å²) >= 11 is 0. The van der Waals surface area contributed by atoms with Crippen LogP contribution in [0.2, 0.25) is 0 Å². The van der Waals surface area contributed by atoms with Crippen LogP contribution in [0.15, 0.2) is 48.5 Å². The summed E-state index contributed by atoms with van der Waals surface area (Å²) in [6.45, 7) is 2.01. The second-order valence-electron chi connectivity index (χ2n) is 4.64. The van der Waals surface area contributed by atoms with Gasteiger partial charge in [0, 0.05) is 11.1 Å². The van der Waals surface area contributed by atoms with Crippen molar-refractivity contribution in [3.8, 4) is 28.3 Å². The molecule has 100 valence electrons. The van der Waals surface area contributed by atoms with Gasteiger partial charge < -0.3 is 5.11 Å². The van der Waals surface area contributed by atoms with Crippen LogP contribution in [0, 0.1) is 12.7 Å². The molecule has 0 spiro atoms. The molecule has 0 fully saturated rings. The van der Waals surface area contributed by atoms with Crippen LogP contribution in [-0.4, -0.2) is 15.3 Å². The van der Waals surface area contributed by atoms with Crippen molar-refractivity contribution < 1.29 is 9.50 Å². The highest BCUT2D eigenvalue weighted by atomic mass is 19.1. The second kappa shape index (κ2) is 4.81. The monoisotopic (exact) mass is 268 g/mol. The molecule has 4 heteroatoms. The number of nitrogens with zero attached hydrogens (tertiary/aromatic N) is 1. The van der Waals surface area contributed by atoms with Crippen molar-refractivity contribution in [2.24, 2.45) is 0 Å². The maximum atomic E-state index is 13.3. The Morgan fingerprint density at radius 3 is 2.65 bits per heavy atom. The van der Waals surface area contributed by atoms with Crippen molar-refractivity contribution in [3.05, 3.63) is 59.9 Å². The topological polar surface area (TPSA) is 48.9 Å². The van der Waals surface area contributed by atoms with Crippen molar-refractivity contribution in [3.63, 3.8) is 0 Å². The Morgan fingerprint density at radius 2 is 1.85 bits per heavy atom. The third kappa shape index (κ3) is 2.16. The number of benzene rings is 2. The number of phenols is 1. The van der Waals surface area contributed by atoms with Crippen LogP contribution in [0.5, 0.6) is 5.75 Å². The number of H-pyrrole nitrogens is 1. The fraction of sp³-hybridized carbons (Fsp3) is 0.0625. The molecule has 0 amide bonds. The fourth-order valence-electron chi connectivity index (χ4n) is 2.19. The molecular formula is C16H13FN2O. The Morgan fingerprint density at radius 1 is 1.05 bits per heavy atom. The summed E-state index contributed by atoms with van der Waals surface area (Å²) in [5.74, 6) is -0.396. The number of aromatic hydroxyl groups is 1. The second-order valence-corrected chi connectivity index (χ2v) is 4.64. The highest BCUT2D eigenvalue weighted by molar-refractivity contribution is 5.73. The number of nitrogens with one attached hydrogen (secondary N) is 1. The average Bonchev–Trinajstić information content (AvgIpc) is 2.91. The maximum Gasteiger partial charge on any atom is 0.125 e. The van der Waals surface area contributed by atoms with E-state index in [-0.39, 0.29) is 5.75 Å². The van der Waals surface area contributed by atoms with E-state index < -0.39 is 5.82 Å². The van der Waals surface area contributed by atoms with Gasteiger partial charge in [0.2, 0.25) is 0 Å². The quantitative estimate of drug-likeness (QED) is 0.740. The normalized spacial score (nSPS) is 10.7. The molecule has 0 unspecified atom stereocenters. The molecule has 0 aliphatic carbocycles. The first-order valence-electron chi connectivity index (χ1n) is 6.25. The first-order chi connectivity index (χ1) is 9.65. The minimum atomic E-state index is -0.404. The predicted octanol–water partition coefficient (Wildman–Crippen LogP) is 3.90. The Bertz CT molecular complexity index is 765. The van der Waals surface area contributed by atoms with E-state index in [9.17, 15) is 9.50 Å². The van der Waals surface area contributed by atoms with Crippen molar-refractivity contribution >= 4 is 0 Å². The third-order valence-corrected chi connectivity index (χ3v) is 3.25. The minimum Gasteiger partial charge on any atom is -0.507 e. The number of hydrogen-bond donors (Lipinski definition) is 2. The average molecular weight is 268 g/mol. The number of halogens is 1. The molecule has 0 saturated carbocycles. The van der Waals surface area contributed by atoms with Crippen molar-refractivity contribution in [1.82, 2.24) is 10.2 Å². The molecule has 0 aliphatic rings. The van der Waals surface area contributed by atoms with Gasteiger partial charge in [-0.1, -0.05) is 24.3 Å². The van der Waals surface area contributed by atoms with E-state index in [1.807, 2.05) is 31.2 Å². The largest absolute Gasteiger partial charge is 0.507 e. The summed E-state index contributed by atoms with van der Waals surface area (Å²) in [7, 11) is 0. The van der Waals surface area contributed by atoms with Crippen LogP contribution in [0.1, 0.15) is 5.56 Å². The number of aryl methyl sites for hydroxylation is 1. The van der Waals surface area contributed by atoms with Crippen LogP contribution in [-0.2, 0) is 0 Å². The number of aromatic nitrogens is 2. The van der Waals surface area contributed by atoms with E-state index in [0.29, 0.717) is 11.3 Å². The van der Waals surface area contributed by atoms with Crippen LogP contribution >= 0.6 is 0 Å². The molecule has 3 aromatic rings. The standard InChI is InChI=1S/C16H13FN2O/c1-10-4-2-3-5-12(10)14-9-15(19-18-14)13-8-11(17)6-7-16(13)20/h2-9,20H,1H3,(H,18,19). The van der Waals surface area contributed by atoms with Gasteiger partial charge in [-0.2, -0.15) is 5.10 Å². The van der Waals surface area contributed by atoms with E-state index in [4.69, 9.17) is 0 Å². The molecular weight excluding hydrogens is 255 g/mol. The van der Waals surface area contributed by atoms with Gasteiger partial charge in [-0.05, 0) is 36.8 Å². The highest BCUT2D eigenvalue weighted by Gasteiger charge is 2.11. The van der Waals surface area contributed by atoms with Gasteiger partial charge in [0.15, 0.2) is 0 Å². The van der Waals surface area contributed by atoms with Crippen molar-refractivity contribution in [2.45, 2.75) is 6.92 Å². The predicted molar refractivity (Wildman–Crippen MR) is 75.8 cm³/mol. The van der Waals surface area contributed by atoms with Crippen LogP contribution in [0.3, 0.4) is 0 Å². The molecule has 1 heterocycles. The van der Waals surface area contributed by atoms with Gasteiger partial charge in [0.1, 0.15) is 11.6 Å². The van der Waals surface area contributed by atoms with Crippen LogP contribution in [0.4, 0.5) is 4.39 Å². The lowest BCUT2D eigenvalue weighted by Crippen LogP contribution is -1.81. The molecule has 3 rings (SSSR count). The number of rotatable bonds is 2. The zero-order valence-electron chi connectivity index (χ0n) is 10.9. The molecule has 2 N–H and O–H groups in total. The molecule has 2 aromatic carbocycles. The zero-order chi connectivity index (χ0) is 14.1. The van der Waals surface area contributed by atoms with Gasteiger partial charge in [0.25, 0.3) is 0 Å². The van der Waals surface area contributed by atoms with Gasteiger partial charge in [-0.3, -0.25) is 5.10 Å². The lowest BCUT2D eigenvalue weighted by Gasteiger charge is -2.01. The van der Waals surface area contributed by atoms with Crippen LogP contribution in [0.25, 0.3) is 22.5 Å². The minimum absolute atomic E-state index is 0.00855. The van der Waals surface area contributed by atoms with Crippen molar-refractivity contribution in [2.75, 3.05) is 0 Å². The van der Waals surface area contributed by atoms with Crippen LogP contribution < -0.4 is 0 Å². The first-order valence-corrected chi connectivity index (χ1v) is 6.25. The van der Waals surface area contributed by atoms with Crippen molar-refractivity contribution in [1.29, 1.82) is 0 Å². The third-order valence-electron chi connectivity index (χ3n) is 3.25. The molecule has 0 atom stereocenters. The summed E-state index contributed by atoms with van der Waals surface area (Å²) in [4.78, 5) is 0. The summed E-state index contributed by atoms with van der Waals surface area (Å²) < 4.78 is 13.3. The number of aromatic amines is 1. The zero-order valence-corrected chi connectivity index (χ0v) is 10.9. The number of phenolic OH excluding ortho intramolecular Hbond substituents is 1. The smallest absolute Gasteiger partial charge is 0.125 e. The SMILES string of the molecule is Cc1ccccc1-c1cc(-c2cc(F)ccc2O)n[nH]1. The van der Waals surface area contributed by atoms with E-state index in [0.717, 1.165) is 16.8 Å². The summed E-state index contributed by atoms with van der Waals surface area (Å²) in [6, 6.07) is 13.5. The first kappa shape index (κ1) is 12.4. The fourth-order valence-corrected chi connectivity index (χ4v) is 2.19. The molecule has 3 nitrogen and oxygen atoms in total. The lowest BCUT2D eigenvalue weighted by molar-refractivity contribution is 0.475. The molecule has 20 heavy (non-hydrogen) atoms. The van der Waals surface area contributed by atoms with Gasteiger partial charge in [0.05, 0.1) is 11.4 Å². The van der Waals surface area contributed by atoms with E-state index in [1.165, 1.54) is 18.2 Å².